The van der Waals surface area contributed by atoms with E-state index in [-0.39, 0.29) is 18.4 Å². The van der Waals surface area contributed by atoms with E-state index >= 15 is 0 Å². The van der Waals surface area contributed by atoms with Crippen molar-refractivity contribution in [2.24, 2.45) is 0 Å². The van der Waals surface area contributed by atoms with Crippen LogP contribution in [0.25, 0.3) is 11.0 Å². The molecule has 166 valence electrons. The van der Waals surface area contributed by atoms with Crippen molar-refractivity contribution in [3.8, 4) is 11.5 Å². The predicted molar refractivity (Wildman–Crippen MR) is 121 cm³/mol. The summed E-state index contributed by atoms with van der Waals surface area (Å²) in [5.41, 5.74) is 3.04. The van der Waals surface area contributed by atoms with Gasteiger partial charge in [-0.1, -0.05) is 30.0 Å². The van der Waals surface area contributed by atoms with Crippen LogP contribution in [0.5, 0.6) is 11.5 Å². The van der Waals surface area contributed by atoms with Crippen LogP contribution in [-0.2, 0) is 9.59 Å². The first kappa shape index (κ1) is 20.7. The summed E-state index contributed by atoms with van der Waals surface area (Å²) in [5.74, 6) is 1.50. The average molecular weight is 453 g/mol. The number of H-pyrrole nitrogens is 1. The maximum atomic E-state index is 12.9. The van der Waals surface area contributed by atoms with Crippen molar-refractivity contribution in [1.82, 2.24) is 19.8 Å². The molecule has 32 heavy (non-hydrogen) atoms. The summed E-state index contributed by atoms with van der Waals surface area (Å²) >= 11 is 1.40. The maximum absolute atomic E-state index is 12.9. The number of rotatable bonds is 4. The first-order chi connectivity index (χ1) is 15.6. The zero-order valence-electron chi connectivity index (χ0n) is 17.7. The molecule has 2 aliphatic rings. The fraction of sp³-hybridized carbons (Fsp3) is 0.348. The quantitative estimate of drug-likeness (QED) is 0.612. The van der Waals surface area contributed by atoms with Gasteiger partial charge in [0.1, 0.15) is 6.61 Å². The molecule has 3 aromatic rings. The molecular weight excluding hydrogens is 428 g/mol. The van der Waals surface area contributed by atoms with Crippen molar-refractivity contribution in [3.05, 3.63) is 48.0 Å². The topological polar surface area (TPSA) is 87.8 Å². The minimum atomic E-state index is -0.653. The second-order valence-electron chi connectivity index (χ2n) is 7.92. The summed E-state index contributed by atoms with van der Waals surface area (Å²) < 4.78 is 11.5. The molecule has 9 heteroatoms. The molecule has 1 fully saturated rings. The number of imidazole rings is 1. The highest BCUT2D eigenvalue weighted by molar-refractivity contribution is 7.99. The van der Waals surface area contributed by atoms with Crippen molar-refractivity contribution < 1.29 is 19.1 Å². The summed E-state index contributed by atoms with van der Waals surface area (Å²) in [6, 6.07) is 13.4. The van der Waals surface area contributed by atoms with Gasteiger partial charge in [0.2, 0.25) is 12.0 Å². The van der Waals surface area contributed by atoms with Gasteiger partial charge in [0.15, 0.2) is 16.7 Å². The molecule has 0 saturated carbocycles. The Labute approximate surface area is 189 Å². The Bertz CT molecular complexity index is 1160. The highest BCUT2D eigenvalue weighted by atomic mass is 32.2. The van der Waals surface area contributed by atoms with Gasteiger partial charge in [0.25, 0.3) is 5.91 Å². The summed E-state index contributed by atoms with van der Waals surface area (Å²) in [4.78, 5) is 36.9. The third kappa shape index (κ3) is 4.25. The normalized spacial score (nSPS) is 18.1. The predicted octanol–water partition coefficient (Wildman–Crippen LogP) is 2.47. The number of benzene rings is 2. The maximum Gasteiger partial charge on any atom is 0.267 e. The Kier molecular flexibility index (Phi) is 5.65. The average Bonchev–Trinajstić information content (AvgIpc) is 3.24. The van der Waals surface area contributed by atoms with Crippen LogP contribution in [0.15, 0.2) is 47.6 Å². The molecule has 8 nitrogen and oxygen atoms in total. The lowest BCUT2D eigenvalue weighted by atomic mass is 10.2. The Morgan fingerprint density at radius 3 is 2.66 bits per heavy atom. The van der Waals surface area contributed by atoms with Gasteiger partial charge in [-0.05, 0) is 36.8 Å². The van der Waals surface area contributed by atoms with E-state index in [2.05, 4.69) is 9.97 Å². The molecule has 2 aromatic carbocycles. The number of carbonyl (C=O) groups excluding carboxylic acids is 2. The van der Waals surface area contributed by atoms with Gasteiger partial charge in [-0.15, -0.1) is 0 Å². The van der Waals surface area contributed by atoms with Crippen LogP contribution in [-0.4, -0.2) is 76.2 Å². The molecule has 1 N–H and O–H groups in total. The molecule has 0 radical (unpaired) electrons. The van der Waals surface area contributed by atoms with Crippen molar-refractivity contribution >= 4 is 34.6 Å². The highest BCUT2D eigenvalue weighted by Gasteiger charge is 2.33. The fourth-order valence-electron chi connectivity index (χ4n) is 3.91. The van der Waals surface area contributed by atoms with Crippen LogP contribution in [0.3, 0.4) is 0 Å². The number of amides is 2. The van der Waals surface area contributed by atoms with Crippen LogP contribution in [0.2, 0.25) is 0 Å². The lowest BCUT2D eigenvalue weighted by Crippen LogP contribution is -2.55. The lowest BCUT2D eigenvalue weighted by molar-refractivity contribution is -0.145. The monoisotopic (exact) mass is 452 g/mol. The van der Waals surface area contributed by atoms with Gasteiger partial charge in [0, 0.05) is 26.2 Å². The number of fused-ring (bicyclic) bond motifs is 2. The Morgan fingerprint density at radius 1 is 1.09 bits per heavy atom. The molecule has 0 spiro atoms. The number of para-hydroxylation sites is 2. The zero-order chi connectivity index (χ0) is 22.1. The minimum absolute atomic E-state index is 0.0462. The van der Waals surface area contributed by atoms with E-state index in [0.29, 0.717) is 43.4 Å². The molecule has 0 unspecified atom stereocenters. The fourth-order valence-corrected chi connectivity index (χ4v) is 4.70. The number of aromatic amines is 1. The molecule has 1 aromatic heterocycles. The number of nitrogens with zero attached hydrogens (tertiary/aromatic N) is 3. The number of hydrogen-bond donors (Lipinski definition) is 1. The number of thioether (sulfide) groups is 1. The van der Waals surface area contributed by atoms with E-state index in [9.17, 15) is 9.59 Å². The van der Waals surface area contributed by atoms with E-state index in [4.69, 9.17) is 9.47 Å². The smallest absolute Gasteiger partial charge is 0.267 e. The van der Waals surface area contributed by atoms with Gasteiger partial charge in [-0.2, -0.15) is 0 Å². The van der Waals surface area contributed by atoms with Crippen LogP contribution < -0.4 is 9.47 Å². The number of carbonyl (C=O) groups is 2. The van der Waals surface area contributed by atoms with E-state index in [1.165, 1.54) is 11.8 Å². The molecule has 1 atom stereocenters. The van der Waals surface area contributed by atoms with E-state index in [1.807, 2.05) is 43.3 Å². The van der Waals surface area contributed by atoms with Crippen LogP contribution >= 0.6 is 11.8 Å². The van der Waals surface area contributed by atoms with E-state index in [0.717, 1.165) is 21.8 Å². The second kappa shape index (κ2) is 8.74. The first-order valence-electron chi connectivity index (χ1n) is 10.6. The molecule has 5 rings (SSSR count). The van der Waals surface area contributed by atoms with Crippen LogP contribution in [0, 0.1) is 6.92 Å². The largest absolute Gasteiger partial charge is 0.485 e. The third-order valence-electron chi connectivity index (χ3n) is 5.68. The highest BCUT2D eigenvalue weighted by Crippen LogP contribution is 2.31. The Morgan fingerprint density at radius 2 is 1.84 bits per heavy atom. The molecule has 2 amide bonds. The standard InChI is InChI=1S/C23H24N4O4S/c1-15-6-7-16-17(12-15)25-23(24-16)32-14-21(28)26-8-10-27(11-9-26)22(29)20-13-30-18-4-2-3-5-19(18)31-20/h2-7,12,20H,8-11,13-14H2,1H3,(H,24,25)/t20-/m0/s1. The van der Waals surface area contributed by atoms with Crippen molar-refractivity contribution in [2.75, 3.05) is 38.5 Å². The lowest BCUT2D eigenvalue weighted by Gasteiger charge is -2.37. The summed E-state index contributed by atoms with van der Waals surface area (Å²) in [7, 11) is 0. The number of piperazine rings is 1. The van der Waals surface area contributed by atoms with Crippen LogP contribution in [0.4, 0.5) is 0 Å². The summed E-state index contributed by atoms with van der Waals surface area (Å²) in [6.45, 7) is 4.22. The Balaban J connectivity index is 1.11. The third-order valence-corrected chi connectivity index (χ3v) is 6.53. The molecule has 0 bridgehead atoms. The Hall–Kier alpha value is -3.20. The number of ether oxygens (including phenoxy) is 2. The zero-order valence-corrected chi connectivity index (χ0v) is 18.6. The van der Waals surface area contributed by atoms with Crippen molar-refractivity contribution in [3.63, 3.8) is 0 Å². The molecule has 3 heterocycles. The summed E-state index contributed by atoms with van der Waals surface area (Å²) in [6.07, 6.45) is -0.653. The van der Waals surface area contributed by atoms with Crippen molar-refractivity contribution in [1.29, 1.82) is 0 Å². The van der Waals surface area contributed by atoms with Gasteiger partial charge in [-0.25, -0.2) is 4.98 Å². The number of aryl methyl sites for hydroxylation is 1. The van der Waals surface area contributed by atoms with E-state index in [1.54, 1.807) is 15.9 Å². The van der Waals surface area contributed by atoms with E-state index < -0.39 is 6.10 Å². The molecule has 0 aliphatic carbocycles. The van der Waals surface area contributed by atoms with Gasteiger partial charge in [0.05, 0.1) is 16.8 Å². The molecule has 1 saturated heterocycles. The second-order valence-corrected chi connectivity index (χ2v) is 8.89. The molecular formula is C23H24N4O4S. The number of nitrogens with one attached hydrogen (secondary N) is 1. The first-order valence-corrected chi connectivity index (χ1v) is 11.6. The van der Waals surface area contributed by atoms with Crippen molar-refractivity contribution in [2.45, 2.75) is 18.2 Å². The number of hydrogen-bond acceptors (Lipinski definition) is 6. The number of aromatic nitrogens is 2. The minimum Gasteiger partial charge on any atom is -0.485 e. The van der Waals surface area contributed by atoms with Gasteiger partial charge in [-0.3, -0.25) is 9.59 Å². The summed E-state index contributed by atoms with van der Waals surface area (Å²) in [5, 5.41) is 0.738. The SMILES string of the molecule is Cc1ccc2nc(SCC(=O)N3CCN(C(=O)[C@@H]4COc5ccccc5O4)CC3)[nH]c2c1. The molecule has 2 aliphatic heterocycles. The van der Waals surface area contributed by atoms with Gasteiger partial charge >= 0.3 is 0 Å². The van der Waals surface area contributed by atoms with Gasteiger partial charge < -0.3 is 24.3 Å². The van der Waals surface area contributed by atoms with Crippen LogP contribution in [0.1, 0.15) is 5.56 Å².